The molecule has 0 saturated carbocycles. The van der Waals surface area contributed by atoms with E-state index in [0.717, 1.165) is 18.4 Å². The lowest BCUT2D eigenvalue weighted by Crippen LogP contribution is -2.37. The van der Waals surface area contributed by atoms with Gasteiger partial charge < -0.3 is 30.8 Å². The molecular weight excluding hydrogens is 499 g/mol. The van der Waals surface area contributed by atoms with Gasteiger partial charge in [-0.2, -0.15) is 0 Å². The number of allylic oxidation sites excluding steroid dienone is 1. The number of nitrogens with one attached hydrogen (secondary N) is 2. The SMILES string of the molecule is Cc1ccc(-c2cn(CC3CCOCC3)cc(C(=O)Nc3ccc(C4=C(O)C=CNC4N)cc3F)c2=O)cc1. The third-order valence-corrected chi connectivity index (χ3v) is 7.13. The van der Waals surface area contributed by atoms with Crippen molar-refractivity contribution in [3.8, 4) is 11.1 Å². The van der Waals surface area contributed by atoms with Crippen LogP contribution in [0.1, 0.15) is 34.3 Å². The normalized spacial score (nSPS) is 17.7. The number of carbonyl (C=O) groups excluding carboxylic acids is 1. The molecule has 1 amide bonds. The van der Waals surface area contributed by atoms with Crippen LogP contribution >= 0.6 is 0 Å². The van der Waals surface area contributed by atoms with Crippen LogP contribution in [0.15, 0.2) is 77.7 Å². The Morgan fingerprint density at radius 1 is 1.15 bits per heavy atom. The Balaban J connectivity index is 1.47. The van der Waals surface area contributed by atoms with Crippen LogP contribution in [0.5, 0.6) is 0 Å². The van der Waals surface area contributed by atoms with E-state index in [0.29, 0.717) is 47.9 Å². The molecule has 202 valence electrons. The second kappa shape index (κ2) is 11.3. The fraction of sp³-hybridized carbons (Fsp3) is 0.267. The molecule has 2 aliphatic heterocycles. The van der Waals surface area contributed by atoms with Gasteiger partial charge >= 0.3 is 0 Å². The average molecular weight is 531 g/mol. The molecule has 2 aromatic carbocycles. The monoisotopic (exact) mass is 530 g/mol. The molecule has 0 spiro atoms. The summed E-state index contributed by atoms with van der Waals surface area (Å²) in [4.78, 5) is 26.9. The van der Waals surface area contributed by atoms with E-state index in [2.05, 4.69) is 10.6 Å². The molecule has 0 bridgehead atoms. The highest BCUT2D eigenvalue weighted by Gasteiger charge is 2.22. The number of rotatable bonds is 6. The first-order chi connectivity index (χ1) is 18.8. The minimum atomic E-state index is -0.722. The largest absolute Gasteiger partial charge is 0.507 e. The van der Waals surface area contributed by atoms with Crippen LogP contribution in [0.2, 0.25) is 0 Å². The van der Waals surface area contributed by atoms with Crippen molar-refractivity contribution in [3.63, 3.8) is 0 Å². The maximum atomic E-state index is 15.1. The van der Waals surface area contributed by atoms with Gasteiger partial charge in [-0.3, -0.25) is 9.59 Å². The zero-order valence-electron chi connectivity index (χ0n) is 21.6. The lowest BCUT2D eigenvalue weighted by Gasteiger charge is -2.24. The highest BCUT2D eigenvalue weighted by molar-refractivity contribution is 6.04. The molecule has 1 atom stereocenters. The summed E-state index contributed by atoms with van der Waals surface area (Å²) >= 11 is 0. The molecule has 3 heterocycles. The Kier molecular flexibility index (Phi) is 7.63. The molecule has 0 radical (unpaired) electrons. The number of hydrogen-bond donors (Lipinski definition) is 4. The van der Waals surface area contributed by atoms with Gasteiger partial charge in [0.05, 0.1) is 5.69 Å². The van der Waals surface area contributed by atoms with Gasteiger partial charge in [0, 0.05) is 49.5 Å². The zero-order chi connectivity index (χ0) is 27.5. The van der Waals surface area contributed by atoms with Gasteiger partial charge in [-0.1, -0.05) is 35.9 Å². The average Bonchev–Trinajstić information content (AvgIpc) is 2.92. The molecule has 5 N–H and O–H groups in total. The fourth-order valence-electron chi connectivity index (χ4n) is 4.93. The Morgan fingerprint density at radius 3 is 2.56 bits per heavy atom. The summed E-state index contributed by atoms with van der Waals surface area (Å²) in [5, 5.41) is 15.6. The molecule has 1 aromatic heterocycles. The molecule has 9 heteroatoms. The number of carbonyl (C=O) groups is 1. The number of aromatic nitrogens is 1. The summed E-state index contributed by atoms with van der Waals surface area (Å²) in [6.07, 6.45) is 7.34. The highest BCUT2D eigenvalue weighted by atomic mass is 19.1. The summed E-state index contributed by atoms with van der Waals surface area (Å²) in [5.74, 6) is -1.15. The van der Waals surface area contributed by atoms with E-state index >= 15 is 4.39 Å². The van der Waals surface area contributed by atoms with Crippen LogP contribution in [0.25, 0.3) is 16.7 Å². The van der Waals surface area contributed by atoms with Crippen molar-refractivity contribution in [2.45, 2.75) is 32.5 Å². The first-order valence-corrected chi connectivity index (χ1v) is 12.9. The van der Waals surface area contributed by atoms with Crippen molar-refractivity contribution >= 4 is 17.2 Å². The zero-order valence-corrected chi connectivity index (χ0v) is 21.6. The van der Waals surface area contributed by atoms with Gasteiger partial charge in [-0.15, -0.1) is 0 Å². The van der Waals surface area contributed by atoms with Gasteiger partial charge in [0.2, 0.25) is 5.43 Å². The molecule has 3 aromatic rings. The van der Waals surface area contributed by atoms with E-state index in [4.69, 9.17) is 10.5 Å². The van der Waals surface area contributed by atoms with E-state index in [1.165, 1.54) is 24.4 Å². The van der Waals surface area contributed by atoms with Gasteiger partial charge in [0.25, 0.3) is 5.91 Å². The minimum Gasteiger partial charge on any atom is -0.507 e. The number of pyridine rings is 1. The molecule has 1 saturated heterocycles. The van der Waals surface area contributed by atoms with E-state index in [9.17, 15) is 14.7 Å². The van der Waals surface area contributed by atoms with Crippen molar-refractivity contribution in [1.29, 1.82) is 0 Å². The van der Waals surface area contributed by atoms with Crippen molar-refractivity contribution in [3.05, 3.63) is 106 Å². The van der Waals surface area contributed by atoms with Gasteiger partial charge in [-0.25, -0.2) is 4.39 Å². The van der Waals surface area contributed by atoms with Crippen molar-refractivity contribution < 1.29 is 19.0 Å². The van der Waals surface area contributed by atoms with Crippen molar-refractivity contribution in [1.82, 2.24) is 9.88 Å². The smallest absolute Gasteiger partial charge is 0.261 e. The summed E-state index contributed by atoms with van der Waals surface area (Å²) in [5.41, 5.74) is 8.26. The number of halogens is 1. The first-order valence-electron chi connectivity index (χ1n) is 12.9. The molecule has 39 heavy (non-hydrogen) atoms. The van der Waals surface area contributed by atoms with Crippen LogP contribution in [0.3, 0.4) is 0 Å². The number of aliphatic hydroxyl groups is 1. The maximum Gasteiger partial charge on any atom is 0.261 e. The Labute approximate surface area is 225 Å². The lowest BCUT2D eigenvalue weighted by molar-refractivity contribution is 0.0612. The second-order valence-electron chi connectivity index (χ2n) is 9.96. The van der Waals surface area contributed by atoms with Gasteiger partial charge in [-0.05, 0) is 55.0 Å². The number of anilines is 1. The quantitative estimate of drug-likeness (QED) is 0.377. The molecule has 1 fully saturated rings. The number of ether oxygens (including phenoxy) is 1. The summed E-state index contributed by atoms with van der Waals surface area (Å²) in [7, 11) is 0. The fourth-order valence-corrected chi connectivity index (χ4v) is 4.93. The van der Waals surface area contributed by atoms with Crippen LogP contribution in [0.4, 0.5) is 10.1 Å². The highest BCUT2D eigenvalue weighted by Crippen LogP contribution is 2.27. The van der Waals surface area contributed by atoms with E-state index < -0.39 is 23.3 Å². The number of aliphatic hydroxyl groups excluding tert-OH is 1. The summed E-state index contributed by atoms with van der Waals surface area (Å²) < 4.78 is 22.5. The van der Waals surface area contributed by atoms with Gasteiger partial charge in [0.1, 0.15) is 23.3 Å². The third-order valence-electron chi connectivity index (χ3n) is 7.13. The molecule has 1 unspecified atom stereocenters. The molecular formula is C30H31FN4O4. The maximum absolute atomic E-state index is 15.1. The number of aryl methyl sites for hydroxylation is 1. The number of amides is 1. The topological polar surface area (TPSA) is 119 Å². The first kappa shape index (κ1) is 26.4. The molecule has 5 rings (SSSR count). The third kappa shape index (κ3) is 5.79. The Morgan fingerprint density at radius 2 is 1.87 bits per heavy atom. The van der Waals surface area contributed by atoms with Crippen molar-refractivity contribution in [2.24, 2.45) is 11.7 Å². The van der Waals surface area contributed by atoms with Crippen molar-refractivity contribution in [2.75, 3.05) is 18.5 Å². The minimum absolute atomic E-state index is 0.0737. The number of nitrogens with two attached hydrogens (primary N) is 1. The standard InChI is InChI=1S/C30H31FN4O4/c1-18-2-4-20(5-3-18)22-16-35(15-19-9-12-39-13-10-19)17-23(28(22)37)30(38)34-25-7-6-21(14-24(25)31)27-26(36)8-11-33-29(27)32/h2-8,11,14,16-17,19,29,33,36H,9-10,12-13,15,32H2,1H3,(H,34,38). The van der Waals surface area contributed by atoms with Crippen LogP contribution in [0, 0.1) is 18.7 Å². The number of benzene rings is 2. The van der Waals surface area contributed by atoms with Crippen LogP contribution in [-0.4, -0.2) is 35.0 Å². The second-order valence-corrected chi connectivity index (χ2v) is 9.96. The summed E-state index contributed by atoms with van der Waals surface area (Å²) in [6.45, 7) is 3.96. The van der Waals surface area contributed by atoms with Crippen LogP contribution < -0.4 is 21.8 Å². The summed E-state index contributed by atoms with van der Waals surface area (Å²) in [6, 6.07) is 11.7. The molecule has 0 aliphatic carbocycles. The predicted octanol–water partition coefficient (Wildman–Crippen LogP) is 4.31. The number of dihydropyridines is 1. The van der Waals surface area contributed by atoms with E-state index in [1.54, 1.807) is 18.5 Å². The van der Waals surface area contributed by atoms with Gasteiger partial charge in [0.15, 0.2) is 0 Å². The van der Waals surface area contributed by atoms with E-state index in [-0.39, 0.29) is 17.0 Å². The Bertz CT molecular complexity index is 1500. The Hall–Kier alpha value is -4.21. The number of hydrogen-bond acceptors (Lipinski definition) is 6. The molecule has 8 nitrogen and oxygen atoms in total. The lowest BCUT2D eigenvalue weighted by atomic mass is 9.99. The van der Waals surface area contributed by atoms with Crippen LogP contribution in [-0.2, 0) is 11.3 Å². The predicted molar refractivity (Wildman–Crippen MR) is 149 cm³/mol. The number of nitrogens with zero attached hydrogens (tertiary/aromatic N) is 1. The molecule has 2 aliphatic rings. The van der Waals surface area contributed by atoms with E-state index in [1.807, 2.05) is 35.8 Å².